The molecule has 3 heteroatoms. The minimum absolute atomic E-state index is 0.0619. The van der Waals surface area contributed by atoms with Crippen molar-refractivity contribution < 1.29 is 9.47 Å². The predicted molar refractivity (Wildman–Crippen MR) is 45.6 cm³/mol. The standard InChI is InChI=1S/C8H19NO2/c1-3-4-5-11-7-8(6-9)10-2/h8H,3-7,9H2,1-2H3. The largest absolute Gasteiger partial charge is 0.379 e. The average Bonchev–Trinajstić information content (AvgIpc) is 2.05. The predicted octanol–water partition coefficient (Wildman–Crippen LogP) is 0.777. The first kappa shape index (κ1) is 10.9. The van der Waals surface area contributed by atoms with Crippen molar-refractivity contribution in [1.82, 2.24) is 0 Å². The van der Waals surface area contributed by atoms with Gasteiger partial charge in [-0.15, -0.1) is 0 Å². The normalized spacial score (nSPS) is 13.4. The van der Waals surface area contributed by atoms with Crippen molar-refractivity contribution in [1.29, 1.82) is 0 Å². The van der Waals surface area contributed by atoms with Gasteiger partial charge in [0.15, 0.2) is 0 Å². The number of ether oxygens (including phenoxy) is 2. The molecular formula is C8H19NO2. The number of hydrogen-bond donors (Lipinski definition) is 1. The van der Waals surface area contributed by atoms with Gasteiger partial charge in [-0.05, 0) is 6.42 Å². The first-order valence-electron chi connectivity index (χ1n) is 4.15. The lowest BCUT2D eigenvalue weighted by Crippen LogP contribution is -2.27. The van der Waals surface area contributed by atoms with Gasteiger partial charge in [-0.1, -0.05) is 13.3 Å². The fraction of sp³-hybridized carbons (Fsp3) is 1.00. The minimum atomic E-state index is 0.0619. The quantitative estimate of drug-likeness (QED) is 0.561. The zero-order valence-electron chi connectivity index (χ0n) is 7.51. The van der Waals surface area contributed by atoms with E-state index in [0.29, 0.717) is 13.2 Å². The van der Waals surface area contributed by atoms with E-state index in [-0.39, 0.29) is 6.10 Å². The molecule has 0 heterocycles. The van der Waals surface area contributed by atoms with Gasteiger partial charge in [0.05, 0.1) is 12.7 Å². The van der Waals surface area contributed by atoms with Gasteiger partial charge in [0.25, 0.3) is 0 Å². The highest BCUT2D eigenvalue weighted by Crippen LogP contribution is 1.92. The monoisotopic (exact) mass is 161 g/mol. The lowest BCUT2D eigenvalue weighted by Gasteiger charge is -2.12. The van der Waals surface area contributed by atoms with E-state index in [4.69, 9.17) is 15.2 Å². The molecule has 0 spiro atoms. The van der Waals surface area contributed by atoms with Gasteiger partial charge in [-0.2, -0.15) is 0 Å². The highest BCUT2D eigenvalue weighted by atomic mass is 16.5. The molecule has 0 radical (unpaired) electrons. The van der Waals surface area contributed by atoms with Crippen LogP contribution < -0.4 is 5.73 Å². The topological polar surface area (TPSA) is 44.5 Å². The van der Waals surface area contributed by atoms with Crippen LogP contribution in [0.3, 0.4) is 0 Å². The summed E-state index contributed by atoms with van der Waals surface area (Å²) in [4.78, 5) is 0. The third-order valence-corrected chi connectivity index (χ3v) is 1.54. The molecule has 2 N–H and O–H groups in total. The second-order valence-electron chi connectivity index (χ2n) is 2.52. The van der Waals surface area contributed by atoms with Crippen LogP contribution in [0.15, 0.2) is 0 Å². The molecule has 68 valence electrons. The van der Waals surface area contributed by atoms with Crippen molar-refractivity contribution in [3.8, 4) is 0 Å². The molecule has 0 aliphatic rings. The molecule has 1 unspecified atom stereocenters. The van der Waals surface area contributed by atoms with Crippen molar-refractivity contribution in [3.05, 3.63) is 0 Å². The number of methoxy groups -OCH3 is 1. The van der Waals surface area contributed by atoms with Crippen LogP contribution >= 0.6 is 0 Å². The number of nitrogens with two attached hydrogens (primary N) is 1. The second kappa shape index (κ2) is 7.98. The Morgan fingerprint density at radius 2 is 2.18 bits per heavy atom. The lowest BCUT2D eigenvalue weighted by atomic mass is 10.3. The molecule has 0 bridgehead atoms. The maximum Gasteiger partial charge on any atom is 0.0926 e. The van der Waals surface area contributed by atoms with Gasteiger partial charge < -0.3 is 15.2 Å². The van der Waals surface area contributed by atoms with Crippen LogP contribution in [0, 0.1) is 0 Å². The van der Waals surface area contributed by atoms with Crippen molar-refractivity contribution >= 4 is 0 Å². The Balaban J connectivity index is 3.07. The summed E-state index contributed by atoms with van der Waals surface area (Å²) in [5.41, 5.74) is 5.39. The average molecular weight is 161 g/mol. The lowest BCUT2D eigenvalue weighted by molar-refractivity contribution is 0.0127. The molecule has 0 aromatic heterocycles. The summed E-state index contributed by atoms with van der Waals surface area (Å²) in [6.45, 7) is 4.10. The maximum absolute atomic E-state index is 5.39. The Bertz CT molecular complexity index is 74.5. The number of unbranched alkanes of at least 4 members (excludes halogenated alkanes) is 1. The molecule has 0 amide bonds. The van der Waals surface area contributed by atoms with Crippen LogP contribution in [-0.2, 0) is 9.47 Å². The summed E-state index contributed by atoms with van der Waals surface area (Å²) in [6, 6.07) is 0. The second-order valence-corrected chi connectivity index (χ2v) is 2.52. The van der Waals surface area contributed by atoms with Crippen LogP contribution in [0.4, 0.5) is 0 Å². The van der Waals surface area contributed by atoms with Crippen LogP contribution in [0.1, 0.15) is 19.8 Å². The van der Waals surface area contributed by atoms with Gasteiger partial charge in [0.1, 0.15) is 0 Å². The zero-order chi connectivity index (χ0) is 8.53. The van der Waals surface area contributed by atoms with Gasteiger partial charge in [0, 0.05) is 20.3 Å². The third-order valence-electron chi connectivity index (χ3n) is 1.54. The molecule has 0 aromatic carbocycles. The molecule has 3 nitrogen and oxygen atoms in total. The van der Waals surface area contributed by atoms with E-state index in [1.54, 1.807) is 7.11 Å². The van der Waals surface area contributed by atoms with Crippen molar-refractivity contribution in [2.24, 2.45) is 5.73 Å². The van der Waals surface area contributed by atoms with E-state index in [2.05, 4.69) is 6.92 Å². The van der Waals surface area contributed by atoms with E-state index in [9.17, 15) is 0 Å². The molecule has 0 rings (SSSR count). The van der Waals surface area contributed by atoms with E-state index in [1.165, 1.54) is 6.42 Å². The molecule has 0 fully saturated rings. The molecule has 0 aliphatic carbocycles. The number of hydrogen-bond acceptors (Lipinski definition) is 3. The summed E-state index contributed by atoms with van der Waals surface area (Å²) in [6.07, 6.45) is 2.34. The number of rotatable bonds is 7. The summed E-state index contributed by atoms with van der Waals surface area (Å²) in [7, 11) is 1.65. The van der Waals surface area contributed by atoms with E-state index >= 15 is 0 Å². The van der Waals surface area contributed by atoms with Crippen LogP contribution in [0.2, 0.25) is 0 Å². The molecule has 0 aromatic rings. The van der Waals surface area contributed by atoms with E-state index < -0.39 is 0 Å². The zero-order valence-corrected chi connectivity index (χ0v) is 7.51. The summed E-state index contributed by atoms with van der Waals surface area (Å²) in [5, 5.41) is 0. The molecule has 11 heavy (non-hydrogen) atoms. The molecular weight excluding hydrogens is 142 g/mol. The molecule has 0 aliphatic heterocycles. The fourth-order valence-electron chi connectivity index (χ4n) is 0.693. The van der Waals surface area contributed by atoms with Crippen LogP contribution in [-0.4, -0.2) is 33.0 Å². The van der Waals surface area contributed by atoms with Gasteiger partial charge in [-0.3, -0.25) is 0 Å². The highest BCUT2D eigenvalue weighted by molar-refractivity contribution is 4.54. The molecule has 1 atom stereocenters. The van der Waals surface area contributed by atoms with Crippen LogP contribution in [0.25, 0.3) is 0 Å². The summed E-state index contributed by atoms with van der Waals surface area (Å²) < 4.78 is 10.3. The first-order chi connectivity index (χ1) is 5.35. The van der Waals surface area contributed by atoms with Gasteiger partial charge in [0.2, 0.25) is 0 Å². The Morgan fingerprint density at radius 3 is 2.64 bits per heavy atom. The minimum Gasteiger partial charge on any atom is -0.379 e. The molecule has 0 saturated carbocycles. The van der Waals surface area contributed by atoms with Crippen LogP contribution in [0.5, 0.6) is 0 Å². The van der Waals surface area contributed by atoms with Crippen molar-refractivity contribution in [3.63, 3.8) is 0 Å². The summed E-state index contributed by atoms with van der Waals surface area (Å²) >= 11 is 0. The fourth-order valence-corrected chi connectivity index (χ4v) is 0.693. The van der Waals surface area contributed by atoms with Gasteiger partial charge >= 0.3 is 0 Å². The molecule has 0 saturated heterocycles. The Kier molecular flexibility index (Phi) is 7.89. The third kappa shape index (κ3) is 6.28. The Labute approximate surface area is 68.9 Å². The maximum atomic E-state index is 5.39. The highest BCUT2D eigenvalue weighted by Gasteiger charge is 2.02. The smallest absolute Gasteiger partial charge is 0.0926 e. The Hall–Kier alpha value is -0.120. The Morgan fingerprint density at radius 1 is 1.45 bits per heavy atom. The first-order valence-corrected chi connectivity index (χ1v) is 4.15. The van der Waals surface area contributed by atoms with Crippen molar-refractivity contribution in [2.75, 3.05) is 26.9 Å². The summed E-state index contributed by atoms with van der Waals surface area (Å²) in [5.74, 6) is 0. The SMILES string of the molecule is CCCCOCC(CN)OC. The van der Waals surface area contributed by atoms with E-state index in [0.717, 1.165) is 13.0 Å². The van der Waals surface area contributed by atoms with Gasteiger partial charge in [-0.25, -0.2) is 0 Å². The van der Waals surface area contributed by atoms with E-state index in [1.807, 2.05) is 0 Å². The van der Waals surface area contributed by atoms with Crippen molar-refractivity contribution in [2.45, 2.75) is 25.9 Å².